The van der Waals surface area contributed by atoms with Gasteiger partial charge in [0.15, 0.2) is 0 Å². The lowest BCUT2D eigenvalue weighted by molar-refractivity contribution is 0.166. The van der Waals surface area contributed by atoms with Gasteiger partial charge >= 0.3 is 0 Å². The summed E-state index contributed by atoms with van der Waals surface area (Å²) in [6.07, 6.45) is 3.35. The minimum Gasteiger partial charge on any atom is -0.326 e. The van der Waals surface area contributed by atoms with Gasteiger partial charge in [0.1, 0.15) is 0 Å². The molecule has 18 heavy (non-hydrogen) atoms. The predicted octanol–water partition coefficient (Wildman–Crippen LogP) is 3.52. The van der Waals surface area contributed by atoms with Crippen molar-refractivity contribution in [1.82, 2.24) is 4.90 Å². The van der Waals surface area contributed by atoms with Gasteiger partial charge in [0, 0.05) is 22.7 Å². The number of aryl methyl sites for hydroxylation is 1. The van der Waals surface area contributed by atoms with Crippen LogP contribution < -0.4 is 5.73 Å². The summed E-state index contributed by atoms with van der Waals surface area (Å²) in [6, 6.07) is 3.28. The molecule has 0 aromatic carbocycles. The van der Waals surface area contributed by atoms with Gasteiger partial charge in [-0.15, -0.1) is 11.3 Å². The van der Waals surface area contributed by atoms with Crippen molar-refractivity contribution >= 4 is 23.1 Å². The number of rotatable bonds is 7. The zero-order valence-corrected chi connectivity index (χ0v) is 13.8. The Kier molecular flexibility index (Phi) is 6.71. The fourth-order valence-corrected chi connectivity index (χ4v) is 4.47. The van der Waals surface area contributed by atoms with Crippen LogP contribution >= 0.6 is 23.1 Å². The lowest BCUT2D eigenvalue weighted by Crippen LogP contribution is -2.43. The van der Waals surface area contributed by atoms with Gasteiger partial charge in [0.2, 0.25) is 0 Å². The van der Waals surface area contributed by atoms with Gasteiger partial charge in [-0.2, -0.15) is 11.8 Å². The van der Waals surface area contributed by atoms with Gasteiger partial charge in [0.25, 0.3) is 0 Å². The van der Waals surface area contributed by atoms with Crippen molar-refractivity contribution < 1.29 is 0 Å². The Labute approximate surface area is 120 Å². The van der Waals surface area contributed by atoms with Crippen LogP contribution in [0.4, 0.5) is 0 Å². The fourth-order valence-electron chi connectivity index (χ4n) is 2.42. The van der Waals surface area contributed by atoms with Crippen molar-refractivity contribution in [2.75, 3.05) is 19.1 Å². The third-order valence-electron chi connectivity index (χ3n) is 3.51. The number of thiophene rings is 1. The van der Waals surface area contributed by atoms with Crippen LogP contribution in [-0.4, -0.2) is 36.0 Å². The Hall–Kier alpha value is -0.0300. The molecule has 0 spiro atoms. The molecule has 0 aliphatic rings. The lowest BCUT2D eigenvalue weighted by Gasteiger charge is -2.36. The molecule has 0 aliphatic heterocycles. The molecule has 2 nitrogen and oxygen atoms in total. The standard InChI is InChI=1S/C14H26N2S2/c1-6-12(9-17-5)16(4)13(11(3)15)14-10(2)7-8-18-14/h7-8,11-13H,6,9,15H2,1-5H3. The van der Waals surface area contributed by atoms with Gasteiger partial charge in [0.05, 0.1) is 6.04 Å². The summed E-state index contributed by atoms with van der Waals surface area (Å²) in [6.45, 7) is 6.56. The summed E-state index contributed by atoms with van der Waals surface area (Å²) >= 11 is 3.75. The Bertz CT molecular complexity index is 349. The van der Waals surface area contributed by atoms with Crippen LogP contribution in [0, 0.1) is 6.92 Å². The highest BCUT2D eigenvalue weighted by molar-refractivity contribution is 7.98. The highest BCUT2D eigenvalue weighted by Gasteiger charge is 2.27. The SMILES string of the molecule is CCC(CSC)N(C)C(c1sccc1C)C(C)N. The van der Waals surface area contributed by atoms with Crippen molar-refractivity contribution in [2.24, 2.45) is 5.73 Å². The molecule has 0 saturated heterocycles. The van der Waals surface area contributed by atoms with E-state index in [1.807, 2.05) is 23.1 Å². The molecule has 1 aromatic rings. The molecular weight excluding hydrogens is 260 g/mol. The third-order valence-corrected chi connectivity index (χ3v) is 5.32. The maximum absolute atomic E-state index is 6.24. The van der Waals surface area contributed by atoms with E-state index in [4.69, 9.17) is 5.73 Å². The van der Waals surface area contributed by atoms with Crippen LogP contribution in [0.15, 0.2) is 11.4 Å². The van der Waals surface area contributed by atoms with Gasteiger partial charge in [-0.25, -0.2) is 0 Å². The summed E-state index contributed by atoms with van der Waals surface area (Å²) in [5.74, 6) is 1.17. The quantitative estimate of drug-likeness (QED) is 0.831. The van der Waals surface area contributed by atoms with E-state index in [9.17, 15) is 0 Å². The topological polar surface area (TPSA) is 29.3 Å². The van der Waals surface area contributed by atoms with E-state index in [2.05, 4.69) is 50.4 Å². The molecular formula is C14H26N2S2. The van der Waals surface area contributed by atoms with Crippen LogP contribution in [0.25, 0.3) is 0 Å². The summed E-state index contributed by atoms with van der Waals surface area (Å²) in [5, 5.41) is 2.17. The molecule has 3 unspecified atom stereocenters. The monoisotopic (exact) mass is 286 g/mol. The summed E-state index contributed by atoms with van der Waals surface area (Å²) in [7, 11) is 2.22. The Morgan fingerprint density at radius 1 is 1.50 bits per heavy atom. The molecule has 0 radical (unpaired) electrons. The molecule has 0 bridgehead atoms. The first-order valence-corrected chi connectivity index (χ1v) is 8.80. The molecule has 0 saturated carbocycles. The van der Waals surface area contributed by atoms with Crippen LogP contribution in [0.5, 0.6) is 0 Å². The predicted molar refractivity (Wildman–Crippen MR) is 85.7 cm³/mol. The zero-order chi connectivity index (χ0) is 13.7. The first-order chi connectivity index (χ1) is 8.52. The number of hydrogen-bond acceptors (Lipinski definition) is 4. The number of thioether (sulfide) groups is 1. The molecule has 0 aliphatic carbocycles. The van der Waals surface area contributed by atoms with Crippen molar-refractivity contribution in [2.45, 2.75) is 45.3 Å². The van der Waals surface area contributed by atoms with E-state index in [1.165, 1.54) is 22.6 Å². The highest BCUT2D eigenvalue weighted by Crippen LogP contribution is 2.32. The van der Waals surface area contributed by atoms with E-state index >= 15 is 0 Å². The van der Waals surface area contributed by atoms with Crippen molar-refractivity contribution in [3.05, 3.63) is 21.9 Å². The first kappa shape index (κ1) is 16.0. The summed E-state index contributed by atoms with van der Waals surface area (Å²) in [5.41, 5.74) is 7.61. The second-order valence-corrected chi connectivity index (χ2v) is 6.81. The van der Waals surface area contributed by atoms with Crippen molar-refractivity contribution in [3.63, 3.8) is 0 Å². The molecule has 0 amide bonds. The summed E-state index contributed by atoms with van der Waals surface area (Å²) in [4.78, 5) is 3.90. The molecule has 4 heteroatoms. The molecule has 104 valence electrons. The van der Waals surface area contributed by atoms with Crippen LogP contribution in [0.1, 0.15) is 36.8 Å². The minimum absolute atomic E-state index is 0.156. The van der Waals surface area contributed by atoms with Crippen LogP contribution in [0.2, 0.25) is 0 Å². The summed E-state index contributed by atoms with van der Waals surface area (Å²) < 4.78 is 0. The zero-order valence-electron chi connectivity index (χ0n) is 12.1. The second-order valence-electron chi connectivity index (χ2n) is 4.95. The minimum atomic E-state index is 0.156. The Balaban J connectivity index is 2.95. The average Bonchev–Trinajstić information content (AvgIpc) is 2.72. The van der Waals surface area contributed by atoms with Gasteiger partial charge in [-0.3, -0.25) is 4.90 Å². The van der Waals surface area contributed by atoms with E-state index in [0.717, 1.165) is 0 Å². The molecule has 1 heterocycles. The maximum atomic E-state index is 6.24. The largest absolute Gasteiger partial charge is 0.326 e. The van der Waals surface area contributed by atoms with Crippen molar-refractivity contribution in [3.8, 4) is 0 Å². The van der Waals surface area contributed by atoms with E-state index in [0.29, 0.717) is 12.1 Å². The molecule has 1 aromatic heterocycles. The van der Waals surface area contributed by atoms with Crippen LogP contribution in [-0.2, 0) is 0 Å². The number of hydrogen-bond donors (Lipinski definition) is 1. The maximum Gasteiger partial charge on any atom is 0.0593 e. The first-order valence-electron chi connectivity index (χ1n) is 6.53. The molecule has 3 atom stereocenters. The van der Waals surface area contributed by atoms with Crippen molar-refractivity contribution in [1.29, 1.82) is 0 Å². The lowest BCUT2D eigenvalue weighted by atomic mass is 10.0. The molecule has 0 fully saturated rings. The van der Waals surface area contributed by atoms with E-state index in [1.54, 1.807) is 0 Å². The Morgan fingerprint density at radius 2 is 2.17 bits per heavy atom. The second kappa shape index (κ2) is 7.53. The van der Waals surface area contributed by atoms with Gasteiger partial charge in [-0.05, 0) is 50.6 Å². The average molecular weight is 287 g/mol. The number of likely N-dealkylation sites (N-methyl/N-ethyl adjacent to an activating group) is 1. The van der Waals surface area contributed by atoms with E-state index < -0.39 is 0 Å². The number of nitrogens with zero attached hydrogens (tertiary/aromatic N) is 1. The third kappa shape index (κ3) is 3.73. The molecule has 1 rings (SSSR count). The smallest absolute Gasteiger partial charge is 0.0593 e. The van der Waals surface area contributed by atoms with Gasteiger partial charge < -0.3 is 5.73 Å². The normalized spacial score (nSPS) is 16.8. The Morgan fingerprint density at radius 3 is 2.56 bits per heavy atom. The highest BCUT2D eigenvalue weighted by atomic mass is 32.2. The number of nitrogens with two attached hydrogens (primary N) is 1. The fraction of sp³-hybridized carbons (Fsp3) is 0.714. The van der Waals surface area contributed by atoms with Crippen LogP contribution in [0.3, 0.4) is 0 Å². The van der Waals surface area contributed by atoms with E-state index in [-0.39, 0.29) is 6.04 Å². The molecule has 2 N–H and O–H groups in total. The van der Waals surface area contributed by atoms with Gasteiger partial charge in [-0.1, -0.05) is 6.92 Å².